The van der Waals surface area contributed by atoms with E-state index in [9.17, 15) is 0 Å². The Hall–Kier alpha value is -6.18. The molecule has 10 aromatic rings. The predicted molar refractivity (Wildman–Crippen MR) is 202 cm³/mol. The highest BCUT2D eigenvalue weighted by atomic mass is 15.0. The lowest BCUT2D eigenvalue weighted by Gasteiger charge is -2.18. The van der Waals surface area contributed by atoms with E-state index in [0.717, 1.165) is 0 Å². The minimum Gasteiger partial charge on any atom is -0.309 e. The topological polar surface area (TPSA) is 4.93 Å². The quantitative estimate of drug-likeness (QED) is 0.141. The summed E-state index contributed by atoms with van der Waals surface area (Å²) >= 11 is 0. The van der Waals surface area contributed by atoms with Crippen molar-refractivity contribution in [3.63, 3.8) is 0 Å². The maximum absolute atomic E-state index is 2.39. The molecule has 0 N–H and O–H groups in total. The van der Waals surface area contributed by atoms with Gasteiger partial charge in [-0.1, -0.05) is 140 Å². The molecule has 0 saturated heterocycles. The van der Waals surface area contributed by atoms with Gasteiger partial charge in [0, 0.05) is 16.5 Å². The Kier molecular flexibility index (Phi) is 5.64. The molecule has 0 fully saturated rings. The number of aromatic nitrogens is 1. The van der Waals surface area contributed by atoms with Crippen LogP contribution >= 0.6 is 0 Å². The number of benzene rings is 9. The van der Waals surface area contributed by atoms with Crippen molar-refractivity contribution in [1.82, 2.24) is 4.57 Å². The monoisotopic (exact) mass is 595 g/mol. The molecule has 0 aliphatic carbocycles. The Balaban J connectivity index is 1.18. The van der Waals surface area contributed by atoms with Crippen molar-refractivity contribution < 1.29 is 0 Å². The first kappa shape index (κ1) is 26.1. The van der Waals surface area contributed by atoms with Crippen molar-refractivity contribution in [3.8, 4) is 27.9 Å². The average molecular weight is 596 g/mol. The third kappa shape index (κ3) is 3.90. The van der Waals surface area contributed by atoms with Crippen LogP contribution in [0.5, 0.6) is 0 Å². The van der Waals surface area contributed by atoms with Gasteiger partial charge in [0.2, 0.25) is 0 Å². The SMILES string of the molecule is c1cc(-c2ccc(-n3c4ccccc4c4ccccc43)cc2)cc(-c2c3ccccc3cc3c4ccccc4c4ccccc4c23)c1. The molecule has 1 nitrogen and oxygen atoms in total. The van der Waals surface area contributed by atoms with Crippen molar-refractivity contribution in [3.05, 3.63) is 176 Å². The lowest BCUT2D eigenvalue weighted by Crippen LogP contribution is -1.93. The van der Waals surface area contributed by atoms with Crippen LogP contribution in [-0.4, -0.2) is 4.57 Å². The van der Waals surface area contributed by atoms with Gasteiger partial charge in [0.25, 0.3) is 0 Å². The fraction of sp³-hybridized carbons (Fsp3) is 0. The van der Waals surface area contributed by atoms with Crippen LogP contribution in [0, 0.1) is 0 Å². The molecule has 1 aromatic heterocycles. The summed E-state index contributed by atoms with van der Waals surface area (Å²) in [6.45, 7) is 0. The number of fused-ring (bicyclic) bond motifs is 10. The molecule has 0 spiro atoms. The predicted octanol–water partition coefficient (Wildman–Crippen LogP) is 12.7. The van der Waals surface area contributed by atoms with Gasteiger partial charge in [-0.2, -0.15) is 0 Å². The van der Waals surface area contributed by atoms with E-state index < -0.39 is 0 Å². The fourth-order valence-corrected chi connectivity index (χ4v) is 7.89. The molecule has 0 bridgehead atoms. The molecule has 10 rings (SSSR count). The van der Waals surface area contributed by atoms with Gasteiger partial charge in [-0.25, -0.2) is 0 Å². The Morgan fingerprint density at radius 2 is 0.809 bits per heavy atom. The van der Waals surface area contributed by atoms with Gasteiger partial charge in [-0.15, -0.1) is 0 Å². The third-order valence-corrected chi connectivity index (χ3v) is 9.94. The standard InChI is InChI=1S/C46H29N/c1-2-15-35-32(12-1)29-42-38-18-4-3-16-36(38)37-17-5-6-21-41(37)46(42)45(35)33-14-11-13-31(28-33)30-24-26-34(27-25-30)47-43-22-9-7-19-39(43)40-20-8-10-23-44(40)47/h1-29H. The third-order valence-electron chi connectivity index (χ3n) is 9.94. The first-order valence-corrected chi connectivity index (χ1v) is 16.3. The summed E-state index contributed by atoms with van der Waals surface area (Å²) in [4.78, 5) is 0. The molecule has 9 aromatic carbocycles. The molecule has 0 aliphatic rings. The Morgan fingerprint density at radius 1 is 0.298 bits per heavy atom. The molecule has 0 aliphatic heterocycles. The number of para-hydroxylation sites is 2. The van der Waals surface area contributed by atoms with Gasteiger partial charge in [0.05, 0.1) is 11.0 Å². The van der Waals surface area contributed by atoms with Crippen molar-refractivity contribution in [2.45, 2.75) is 0 Å². The Bertz CT molecular complexity index is 2780. The second-order valence-electron chi connectivity index (χ2n) is 12.5. The smallest absolute Gasteiger partial charge is 0.0541 e. The van der Waals surface area contributed by atoms with E-state index in [1.807, 2.05) is 0 Å². The van der Waals surface area contributed by atoms with E-state index in [4.69, 9.17) is 0 Å². The van der Waals surface area contributed by atoms with E-state index >= 15 is 0 Å². The molecular formula is C46H29N. The molecule has 1 heteroatoms. The van der Waals surface area contributed by atoms with Gasteiger partial charge >= 0.3 is 0 Å². The van der Waals surface area contributed by atoms with Crippen LogP contribution in [0.25, 0.3) is 92.8 Å². The van der Waals surface area contributed by atoms with Crippen molar-refractivity contribution in [1.29, 1.82) is 0 Å². The second-order valence-corrected chi connectivity index (χ2v) is 12.5. The van der Waals surface area contributed by atoms with Crippen LogP contribution in [0.1, 0.15) is 0 Å². The van der Waals surface area contributed by atoms with Crippen LogP contribution in [0.15, 0.2) is 176 Å². The minimum absolute atomic E-state index is 1.17. The van der Waals surface area contributed by atoms with Gasteiger partial charge < -0.3 is 4.57 Å². The molecule has 0 radical (unpaired) electrons. The van der Waals surface area contributed by atoms with Crippen molar-refractivity contribution >= 4 is 64.9 Å². The number of hydrogen-bond acceptors (Lipinski definition) is 0. The average Bonchev–Trinajstić information content (AvgIpc) is 3.48. The minimum atomic E-state index is 1.17. The zero-order valence-corrected chi connectivity index (χ0v) is 25.7. The lowest BCUT2D eigenvalue weighted by molar-refractivity contribution is 1.18. The summed E-state index contributed by atoms with van der Waals surface area (Å²) in [5.74, 6) is 0. The first-order chi connectivity index (χ1) is 23.3. The van der Waals surface area contributed by atoms with Crippen molar-refractivity contribution in [2.24, 2.45) is 0 Å². The van der Waals surface area contributed by atoms with Crippen LogP contribution < -0.4 is 0 Å². The highest BCUT2D eigenvalue weighted by Gasteiger charge is 2.17. The van der Waals surface area contributed by atoms with Crippen LogP contribution in [0.2, 0.25) is 0 Å². The zero-order chi connectivity index (χ0) is 30.9. The normalized spacial score (nSPS) is 11.8. The molecule has 0 unspecified atom stereocenters. The lowest BCUT2D eigenvalue weighted by atomic mass is 9.85. The molecular weight excluding hydrogens is 567 g/mol. The van der Waals surface area contributed by atoms with Crippen LogP contribution in [-0.2, 0) is 0 Å². The largest absolute Gasteiger partial charge is 0.309 e. The first-order valence-electron chi connectivity index (χ1n) is 16.3. The van der Waals surface area contributed by atoms with Gasteiger partial charge in [-0.3, -0.25) is 0 Å². The summed E-state index contributed by atoms with van der Waals surface area (Å²) in [7, 11) is 0. The fourth-order valence-electron chi connectivity index (χ4n) is 7.89. The highest BCUT2D eigenvalue weighted by Crippen LogP contribution is 2.44. The summed E-state index contributed by atoms with van der Waals surface area (Å²) in [6, 6.07) is 64.5. The van der Waals surface area contributed by atoms with E-state index in [-0.39, 0.29) is 0 Å². The Labute approximate surface area is 272 Å². The highest BCUT2D eigenvalue weighted by molar-refractivity contribution is 6.32. The summed E-state index contributed by atoms with van der Waals surface area (Å²) < 4.78 is 2.38. The summed E-state index contributed by atoms with van der Waals surface area (Å²) in [6.07, 6.45) is 0. The summed E-state index contributed by atoms with van der Waals surface area (Å²) in [5.41, 5.74) is 8.57. The molecule has 1 heterocycles. The maximum atomic E-state index is 2.39. The molecule has 0 saturated carbocycles. The molecule has 0 atom stereocenters. The summed E-state index contributed by atoms with van der Waals surface area (Å²) in [5, 5.41) is 12.9. The zero-order valence-electron chi connectivity index (χ0n) is 25.7. The second kappa shape index (κ2) is 10.2. The van der Waals surface area contributed by atoms with Gasteiger partial charge in [0.1, 0.15) is 0 Å². The van der Waals surface area contributed by atoms with Crippen LogP contribution in [0.4, 0.5) is 0 Å². The number of hydrogen-bond donors (Lipinski definition) is 0. The van der Waals surface area contributed by atoms with E-state index in [0.29, 0.717) is 0 Å². The van der Waals surface area contributed by atoms with Crippen LogP contribution in [0.3, 0.4) is 0 Å². The van der Waals surface area contributed by atoms with Crippen molar-refractivity contribution in [2.75, 3.05) is 0 Å². The molecule has 47 heavy (non-hydrogen) atoms. The maximum Gasteiger partial charge on any atom is 0.0541 e. The Morgan fingerprint density at radius 3 is 1.49 bits per heavy atom. The van der Waals surface area contributed by atoms with Gasteiger partial charge in [0.15, 0.2) is 0 Å². The number of nitrogens with zero attached hydrogens (tertiary/aromatic N) is 1. The van der Waals surface area contributed by atoms with E-state index in [2.05, 4.69) is 180 Å². The van der Waals surface area contributed by atoms with E-state index in [1.54, 1.807) is 0 Å². The number of rotatable bonds is 3. The molecule has 0 amide bonds. The van der Waals surface area contributed by atoms with Gasteiger partial charge in [-0.05, 0) is 102 Å². The molecule has 218 valence electrons. The van der Waals surface area contributed by atoms with E-state index in [1.165, 1.54) is 92.8 Å².